The third-order valence-corrected chi connectivity index (χ3v) is 5.91. The molecule has 1 aromatic heterocycles. The second-order valence-corrected chi connectivity index (χ2v) is 7.66. The van der Waals surface area contributed by atoms with Crippen LogP contribution in [0.1, 0.15) is 36.3 Å². The van der Waals surface area contributed by atoms with Crippen LogP contribution in [0.5, 0.6) is 0 Å². The predicted octanol–water partition coefficient (Wildman–Crippen LogP) is 4.56. The molecule has 25 heavy (non-hydrogen) atoms. The first kappa shape index (κ1) is 19.3. The fourth-order valence-electron chi connectivity index (χ4n) is 2.40. The third kappa shape index (κ3) is 5.21. The molecule has 1 aromatic carbocycles. The fourth-order valence-corrected chi connectivity index (χ4v) is 4.19. The topological polar surface area (TPSA) is 69.0 Å². The molecule has 0 fully saturated rings. The number of hydrogen-bond donors (Lipinski definition) is 1. The molecule has 0 bridgehead atoms. The quantitative estimate of drug-likeness (QED) is 0.686. The van der Waals surface area contributed by atoms with Gasteiger partial charge in [0.1, 0.15) is 0 Å². The Balaban J connectivity index is 2.05. The second-order valence-electron chi connectivity index (χ2n) is 5.42. The molecule has 0 atom stereocenters. The number of nitrogens with zero attached hydrogens (tertiary/aromatic N) is 3. The molecule has 0 aliphatic heterocycles. The highest BCUT2D eigenvalue weighted by molar-refractivity contribution is 8.01. The number of thioether (sulfide) groups is 1. The molecule has 2 rings (SSSR count). The Labute approximate surface area is 157 Å². The van der Waals surface area contributed by atoms with Crippen molar-refractivity contribution in [1.82, 2.24) is 4.98 Å². The van der Waals surface area contributed by atoms with Crippen molar-refractivity contribution in [2.75, 3.05) is 29.1 Å². The van der Waals surface area contributed by atoms with Gasteiger partial charge in [-0.15, -0.1) is 0 Å². The van der Waals surface area contributed by atoms with Gasteiger partial charge in [0, 0.05) is 24.3 Å². The molecule has 7 heteroatoms. The van der Waals surface area contributed by atoms with Crippen LogP contribution < -0.4 is 10.2 Å². The van der Waals surface area contributed by atoms with E-state index in [1.165, 1.54) is 23.1 Å². The molecule has 0 saturated carbocycles. The molecule has 0 aliphatic carbocycles. The number of carbonyl (C=O) groups is 1. The van der Waals surface area contributed by atoms with Crippen molar-refractivity contribution in [3.8, 4) is 6.07 Å². The van der Waals surface area contributed by atoms with E-state index in [1.807, 2.05) is 31.2 Å². The molecule has 0 aliphatic rings. The van der Waals surface area contributed by atoms with E-state index in [-0.39, 0.29) is 5.91 Å². The number of hydrogen-bond acceptors (Lipinski definition) is 6. The molecule has 132 valence electrons. The van der Waals surface area contributed by atoms with Crippen molar-refractivity contribution in [3.63, 3.8) is 0 Å². The maximum Gasteiger partial charge on any atom is 0.257 e. The van der Waals surface area contributed by atoms with Crippen molar-refractivity contribution >= 4 is 39.8 Å². The zero-order valence-electron chi connectivity index (χ0n) is 14.7. The Morgan fingerprint density at radius 3 is 2.68 bits per heavy atom. The molecule has 0 spiro atoms. The lowest BCUT2D eigenvalue weighted by Crippen LogP contribution is -2.23. The summed E-state index contributed by atoms with van der Waals surface area (Å²) in [5.41, 5.74) is 2.57. The van der Waals surface area contributed by atoms with Crippen LogP contribution >= 0.6 is 23.1 Å². The van der Waals surface area contributed by atoms with E-state index in [2.05, 4.69) is 35.1 Å². The Morgan fingerprint density at radius 2 is 2.08 bits per heavy atom. The minimum absolute atomic E-state index is 0.171. The van der Waals surface area contributed by atoms with E-state index in [0.717, 1.165) is 35.1 Å². The standard InChI is InChI=1S/C18H22N4OS2/c1-4-11-22(5-2)15-8-6-14(7-9-15)16(23)21-18-20-13(3)17(25-18)24-12-10-19/h6-9H,4-5,11-12H2,1-3H3,(H,20,21,23). The first-order chi connectivity index (χ1) is 12.1. The van der Waals surface area contributed by atoms with Crippen molar-refractivity contribution in [1.29, 1.82) is 5.26 Å². The zero-order valence-corrected chi connectivity index (χ0v) is 16.3. The van der Waals surface area contributed by atoms with Crippen LogP contribution in [0.25, 0.3) is 0 Å². The van der Waals surface area contributed by atoms with Crippen LogP contribution in [0.2, 0.25) is 0 Å². The normalized spacial score (nSPS) is 10.3. The lowest BCUT2D eigenvalue weighted by atomic mass is 10.2. The number of aryl methyl sites for hydroxylation is 1. The maximum absolute atomic E-state index is 12.4. The molecular formula is C18H22N4OS2. The maximum atomic E-state index is 12.4. The van der Waals surface area contributed by atoms with E-state index >= 15 is 0 Å². The first-order valence-corrected chi connectivity index (χ1v) is 10.0. The predicted molar refractivity (Wildman–Crippen MR) is 106 cm³/mol. The van der Waals surface area contributed by atoms with E-state index < -0.39 is 0 Å². The number of benzene rings is 1. The highest BCUT2D eigenvalue weighted by atomic mass is 32.2. The highest BCUT2D eigenvalue weighted by Crippen LogP contribution is 2.32. The summed E-state index contributed by atoms with van der Waals surface area (Å²) in [4.78, 5) is 19.1. The Hall–Kier alpha value is -2.04. The summed E-state index contributed by atoms with van der Waals surface area (Å²) in [6, 6.07) is 9.75. The van der Waals surface area contributed by atoms with Gasteiger partial charge in [-0.1, -0.05) is 30.0 Å². The number of anilines is 2. The van der Waals surface area contributed by atoms with E-state index in [4.69, 9.17) is 5.26 Å². The Morgan fingerprint density at radius 1 is 1.36 bits per heavy atom. The van der Waals surface area contributed by atoms with Crippen molar-refractivity contribution in [2.45, 2.75) is 31.4 Å². The monoisotopic (exact) mass is 374 g/mol. The van der Waals surface area contributed by atoms with Crippen LogP contribution in [0.4, 0.5) is 10.8 Å². The van der Waals surface area contributed by atoms with Crippen molar-refractivity contribution in [3.05, 3.63) is 35.5 Å². The average Bonchev–Trinajstić information content (AvgIpc) is 2.97. The van der Waals surface area contributed by atoms with Gasteiger partial charge in [-0.2, -0.15) is 5.26 Å². The largest absolute Gasteiger partial charge is 0.372 e. The Bertz CT molecular complexity index is 749. The summed E-state index contributed by atoms with van der Waals surface area (Å²) >= 11 is 2.84. The van der Waals surface area contributed by atoms with E-state index in [0.29, 0.717) is 16.4 Å². The summed E-state index contributed by atoms with van der Waals surface area (Å²) in [7, 11) is 0. The molecule has 1 heterocycles. The van der Waals surface area contributed by atoms with Gasteiger partial charge in [0.15, 0.2) is 5.13 Å². The van der Waals surface area contributed by atoms with Gasteiger partial charge in [-0.05, 0) is 44.5 Å². The lowest BCUT2D eigenvalue weighted by Gasteiger charge is -2.22. The Kier molecular flexibility index (Phi) is 7.29. The molecule has 0 radical (unpaired) electrons. The molecule has 1 amide bonds. The summed E-state index contributed by atoms with van der Waals surface area (Å²) < 4.78 is 0.963. The van der Waals surface area contributed by atoms with Crippen LogP contribution in [0.3, 0.4) is 0 Å². The first-order valence-electron chi connectivity index (χ1n) is 8.22. The molecule has 1 N–H and O–H groups in total. The zero-order chi connectivity index (χ0) is 18.2. The van der Waals surface area contributed by atoms with E-state index in [1.54, 1.807) is 0 Å². The summed E-state index contributed by atoms with van der Waals surface area (Å²) in [6.07, 6.45) is 1.09. The summed E-state index contributed by atoms with van der Waals surface area (Å²) in [5, 5.41) is 12.1. The number of rotatable bonds is 8. The number of thiazole rings is 1. The molecular weight excluding hydrogens is 352 g/mol. The number of amides is 1. The van der Waals surface area contributed by atoms with Gasteiger partial charge < -0.3 is 4.90 Å². The molecule has 0 unspecified atom stereocenters. The average molecular weight is 375 g/mol. The number of nitriles is 1. The summed E-state index contributed by atoms with van der Waals surface area (Å²) in [5.74, 6) is 0.208. The fraction of sp³-hybridized carbons (Fsp3) is 0.389. The number of nitrogens with one attached hydrogen (secondary N) is 1. The van der Waals surface area contributed by atoms with Crippen LogP contribution in [0.15, 0.2) is 28.5 Å². The molecule has 5 nitrogen and oxygen atoms in total. The van der Waals surface area contributed by atoms with Gasteiger partial charge in [-0.3, -0.25) is 10.1 Å². The highest BCUT2D eigenvalue weighted by Gasteiger charge is 2.13. The molecule has 2 aromatic rings. The number of aromatic nitrogens is 1. The smallest absolute Gasteiger partial charge is 0.257 e. The van der Waals surface area contributed by atoms with Gasteiger partial charge in [0.2, 0.25) is 0 Å². The van der Waals surface area contributed by atoms with Crippen LogP contribution in [0, 0.1) is 18.3 Å². The van der Waals surface area contributed by atoms with Gasteiger partial charge >= 0.3 is 0 Å². The van der Waals surface area contributed by atoms with Crippen molar-refractivity contribution < 1.29 is 4.79 Å². The van der Waals surface area contributed by atoms with Gasteiger partial charge in [-0.25, -0.2) is 4.98 Å². The summed E-state index contributed by atoms with van der Waals surface area (Å²) in [6.45, 7) is 8.12. The third-order valence-electron chi connectivity index (χ3n) is 3.61. The van der Waals surface area contributed by atoms with Gasteiger partial charge in [0.05, 0.1) is 21.7 Å². The van der Waals surface area contributed by atoms with Crippen LogP contribution in [-0.4, -0.2) is 29.7 Å². The van der Waals surface area contributed by atoms with E-state index in [9.17, 15) is 4.79 Å². The minimum Gasteiger partial charge on any atom is -0.372 e. The SMILES string of the molecule is CCCN(CC)c1ccc(C(=O)Nc2nc(C)c(SCC#N)s2)cc1. The minimum atomic E-state index is -0.171. The van der Waals surface area contributed by atoms with Gasteiger partial charge in [0.25, 0.3) is 5.91 Å². The number of carbonyl (C=O) groups excluding carboxylic acids is 1. The lowest BCUT2D eigenvalue weighted by molar-refractivity contribution is 0.102. The second kappa shape index (κ2) is 9.44. The molecule has 0 saturated heterocycles. The van der Waals surface area contributed by atoms with Crippen LogP contribution in [-0.2, 0) is 0 Å². The van der Waals surface area contributed by atoms with Crippen molar-refractivity contribution in [2.24, 2.45) is 0 Å².